The molecule has 0 aliphatic carbocycles. The molecule has 0 spiro atoms. The second kappa shape index (κ2) is 7.84. The summed E-state index contributed by atoms with van der Waals surface area (Å²) in [6.07, 6.45) is 1.66. The molecule has 2 rings (SSSR count). The van der Waals surface area contributed by atoms with Crippen molar-refractivity contribution in [2.45, 2.75) is 36.0 Å². The first-order valence-electron chi connectivity index (χ1n) is 7.06. The lowest BCUT2D eigenvalue weighted by molar-refractivity contribution is -0.517. The summed E-state index contributed by atoms with van der Waals surface area (Å²) < 4.78 is 0. The third-order valence-electron chi connectivity index (χ3n) is 3.46. The molecular weight excluding hydrogens is 282 g/mol. The number of aryl methyl sites for hydroxylation is 1. The number of hydrogen-bond donors (Lipinski definition) is 0. The molecule has 0 radical (unpaired) electrons. The predicted molar refractivity (Wildman–Crippen MR) is 87.3 cm³/mol. The number of nitro groups is 1. The molecule has 0 aliphatic heterocycles. The number of nitrogens with zero attached hydrogens (tertiary/aromatic N) is 1. The van der Waals surface area contributed by atoms with Gasteiger partial charge in [0.25, 0.3) is 0 Å². The topological polar surface area (TPSA) is 43.1 Å². The second-order valence-electron chi connectivity index (χ2n) is 5.02. The Labute approximate surface area is 129 Å². The van der Waals surface area contributed by atoms with Crippen molar-refractivity contribution in [2.75, 3.05) is 0 Å². The zero-order valence-electron chi connectivity index (χ0n) is 12.0. The van der Waals surface area contributed by atoms with Gasteiger partial charge >= 0.3 is 0 Å². The minimum Gasteiger partial charge on any atom is -0.264 e. The third kappa shape index (κ3) is 4.90. The number of hydrogen-bond acceptors (Lipinski definition) is 3. The van der Waals surface area contributed by atoms with Gasteiger partial charge in [0, 0.05) is 16.7 Å². The van der Waals surface area contributed by atoms with E-state index in [0.717, 1.165) is 17.7 Å². The maximum Gasteiger partial charge on any atom is 0.222 e. The van der Waals surface area contributed by atoms with E-state index in [2.05, 4.69) is 12.1 Å². The fraction of sp³-hybridized carbons (Fsp3) is 0.294. The molecule has 2 atom stereocenters. The van der Waals surface area contributed by atoms with Gasteiger partial charge in [0.2, 0.25) is 6.04 Å². The van der Waals surface area contributed by atoms with Crippen LogP contribution < -0.4 is 0 Å². The second-order valence-corrected chi connectivity index (χ2v) is 6.33. The molecule has 2 unspecified atom stereocenters. The summed E-state index contributed by atoms with van der Waals surface area (Å²) in [6, 6.07) is 19.5. The zero-order chi connectivity index (χ0) is 15.1. The first-order chi connectivity index (χ1) is 10.2. The van der Waals surface area contributed by atoms with Crippen molar-refractivity contribution in [3.63, 3.8) is 0 Å². The molecule has 2 aromatic rings. The fourth-order valence-corrected chi connectivity index (χ4v) is 3.36. The molecule has 3 nitrogen and oxygen atoms in total. The Morgan fingerprint density at radius 1 is 1.05 bits per heavy atom. The summed E-state index contributed by atoms with van der Waals surface area (Å²) in [7, 11) is 0. The van der Waals surface area contributed by atoms with Crippen molar-refractivity contribution >= 4 is 11.8 Å². The van der Waals surface area contributed by atoms with Gasteiger partial charge in [-0.25, -0.2) is 0 Å². The van der Waals surface area contributed by atoms with Gasteiger partial charge in [-0.2, -0.15) is 0 Å². The molecule has 2 aromatic carbocycles. The number of benzene rings is 2. The smallest absolute Gasteiger partial charge is 0.222 e. The molecule has 0 bridgehead atoms. The lowest BCUT2D eigenvalue weighted by Crippen LogP contribution is -2.28. The Morgan fingerprint density at radius 3 is 2.19 bits per heavy atom. The monoisotopic (exact) mass is 301 g/mol. The Hall–Kier alpha value is -1.81. The summed E-state index contributed by atoms with van der Waals surface area (Å²) in [5, 5.41) is 11.1. The van der Waals surface area contributed by atoms with E-state index in [4.69, 9.17) is 0 Å². The molecule has 0 aliphatic rings. The third-order valence-corrected chi connectivity index (χ3v) is 4.94. The van der Waals surface area contributed by atoms with Crippen molar-refractivity contribution in [1.82, 2.24) is 0 Å². The van der Waals surface area contributed by atoms with Crippen LogP contribution in [0.2, 0.25) is 0 Å². The lowest BCUT2D eigenvalue weighted by atomic mass is 10.1. The molecule has 0 amide bonds. The van der Waals surface area contributed by atoms with Crippen molar-refractivity contribution in [1.29, 1.82) is 0 Å². The van der Waals surface area contributed by atoms with Crippen LogP contribution in [0.3, 0.4) is 0 Å². The zero-order valence-corrected chi connectivity index (χ0v) is 12.8. The standard InChI is InChI=1S/C17H19NO2S/c1-14(18(19)20)17(21-16-10-6-3-7-11-16)13-12-15-8-4-2-5-9-15/h2-11,14,17H,12-13H2,1H3. The van der Waals surface area contributed by atoms with E-state index in [9.17, 15) is 10.1 Å². The van der Waals surface area contributed by atoms with Crippen LogP contribution in [-0.4, -0.2) is 16.2 Å². The highest BCUT2D eigenvalue weighted by molar-refractivity contribution is 8.00. The van der Waals surface area contributed by atoms with E-state index in [1.165, 1.54) is 5.56 Å². The molecule has 0 saturated carbocycles. The summed E-state index contributed by atoms with van der Waals surface area (Å²) in [5.41, 5.74) is 1.23. The van der Waals surface area contributed by atoms with Crippen LogP contribution in [0.1, 0.15) is 18.9 Å². The largest absolute Gasteiger partial charge is 0.264 e. The van der Waals surface area contributed by atoms with Gasteiger partial charge < -0.3 is 0 Å². The highest BCUT2D eigenvalue weighted by Crippen LogP contribution is 2.29. The van der Waals surface area contributed by atoms with E-state index < -0.39 is 6.04 Å². The number of rotatable bonds is 7. The van der Waals surface area contributed by atoms with Crippen molar-refractivity contribution in [3.05, 3.63) is 76.3 Å². The van der Waals surface area contributed by atoms with Crippen LogP contribution in [0.15, 0.2) is 65.6 Å². The Kier molecular flexibility index (Phi) is 5.81. The number of thioether (sulfide) groups is 1. The van der Waals surface area contributed by atoms with Gasteiger partial charge in [0.1, 0.15) is 0 Å². The van der Waals surface area contributed by atoms with Crippen LogP contribution >= 0.6 is 11.8 Å². The molecule has 0 aromatic heterocycles. The van der Waals surface area contributed by atoms with E-state index in [1.807, 2.05) is 48.5 Å². The van der Waals surface area contributed by atoms with Gasteiger partial charge in [-0.3, -0.25) is 10.1 Å². The van der Waals surface area contributed by atoms with Crippen molar-refractivity contribution in [2.24, 2.45) is 0 Å². The summed E-state index contributed by atoms with van der Waals surface area (Å²) >= 11 is 1.60. The van der Waals surface area contributed by atoms with Crippen LogP contribution in [0.5, 0.6) is 0 Å². The molecule has 110 valence electrons. The average molecular weight is 301 g/mol. The summed E-state index contributed by atoms with van der Waals surface area (Å²) in [6.45, 7) is 1.70. The van der Waals surface area contributed by atoms with E-state index in [-0.39, 0.29) is 10.2 Å². The van der Waals surface area contributed by atoms with Gasteiger partial charge in [-0.05, 0) is 30.5 Å². The molecule has 4 heteroatoms. The minimum atomic E-state index is -0.557. The Balaban J connectivity index is 2.03. The first-order valence-corrected chi connectivity index (χ1v) is 7.94. The summed E-state index contributed by atoms with van der Waals surface area (Å²) in [5.74, 6) is 0. The maximum atomic E-state index is 11.1. The highest BCUT2D eigenvalue weighted by Gasteiger charge is 2.27. The lowest BCUT2D eigenvalue weighted by Gasteiger charge is -2.18. The van der Waals surface area contributed by atoms with Crippen LogP contribution in [0, 0.1) is 10.1 Å². The first kappa shape index (κ1) is 15.6. The fourth-order valence-electron chi connectivity index (χ4n) is 2.16. The van der Waals surface area contributed by atoms with Crippen LogP contribution in [-0.2, 0) is 6.42 Å². The van der Waals surface area contributed by atoms with E-state index >= 15 is 0 Å². The maximum absolute atomic E-state index is 11.1. The highest BCUT2D eigenvalue weighted by atomic mass is 32.2. The SMILES string of the molecule is CC(C(CCc1ccccc1)Sc1ccccc1)[N+](=O)[O-]. The normalized spacial score (nSPS) is 13.6. The average Bonchev–Trinajstić information content (AvgIpc) is 2.52. The van der Waals surface area contributed by atoms with E-state index in [1.54, 1.807) is 18.7 Å². The van der Waals surface area contributed by atoms with Crippen molar-refractivity contribution < 1.29 is 4.92 Å². The molecule has 0 N–H and O–H groups in total. The van der Waals surface area contributed by atoms with Gasteiger partial charge in [-0.1, -0.05) is 48.5 Å². The minimum absolute atomic E-state index is 0.0254. The van der Waals surface area contributed by atoms with E-state index in [0.29, 0.717) is 0 Å². The molecular formula is C17H19NO2S. The molecule has 0 fully saturated rings. The summed E-state index contributed by atoms with van der Waals surface area (Å²) in [4.78, 5) is 12.0. The van der Waals surface area contributed by atoms with Crippen LogP contribution in [0.25, 0.3) is 0 Å². The van der Waals surface area contributed by atoms with Crippen molar-refractivity contribution in [3.8, 4) is 0 Å². The molecule has 0 saturated heterocycles. The van der Waals surface area contributed by atoms with Gasteiger partial charge in [0.05, 0.1) is 5.25 Å². The van der Waals surface area contributed by atoms with Gasteiger partial charge in [-0.15, -0.1) is 11.8 Å². The molecule has 0 heterocycles. The Morgan fingerprint density at radius 2 is 1.62 bits per heavy atom. The quantitative estimate of drug-likeness (QED) is 0.431. The van der Waals surface area contributed by atoms with Gasteiger partial charge in [0.15, 0.2) is 0 Å². The Bertz CT molecular complexity index is 560. The van der Waals surface area contributed by atoms with Crippen LogP contribution in [0.4, 0.5) is 0 Å². The predicted octanol–water partition coefficient (Wildman–Crippen LogP) is 4.45. The molecule has 21 heavy (non-hydrogen) atoms.